The molecule has 0 aromatic heterocycles. The summed E-state index contributed by atoms with van der Waals surface area (Å²) in [6.07, 6.45) is 0.551. The zero-order chi connectivity index (χ0) is 13.4. The van der Waals surface area contributed by atoms with Gasteiger partial charge in [0.1, 0.15) is 6.04 Å². The van der Waals surface area contributed by atoms with E-state index in [1.165, 1.54) is 0 Å². The van der Waals surface area contributed by atoms with Crippen LogP contribution in [0.2, 0.25) is 0 Å². The maximum Gasteiger partial charge on any atom is 0.320 e. The Bertz CT molecular complexity index is 319. The van der Waals surface area contributed by atoms with Crippen LogP contribution in [0.15, 0.2) is 24.0 Å². The molecule has 0 saturated heterocycles. The second-order valence-corrected chi connectivity index (χ2v) is 5.34. The lowest BCUT2D eigenvalue weighted by Crippen LogP contribution is -2.31. The number of hydrogen-bond acceptors (Lipinski definition) is 4. The average Bonchev–Trinajstić information content (AvgIpc) is 2.17. The summed E-state index contributed by atoms with van der Waals surface area (Å²) in [7, 11) is -3.13. The first-order chi connectivity index (χ1) is 7.16. The summed E-state index contributed by atoms with van der Waals surface area (Å²) in [4.78, 5) is 10.1. The average molecular weight is 249 g/mol. The smallest absolute Gasteiger partial charge is 0.320 e. The van der Waals surface area contributed by atoms with Gasteiger partial charge in [0, 0.05) is 10.8 Å². The molecule has 0 fully saturated rings. The molecule has 0 aliphatic carbocycles. The molecule has 0 radical (unpaired) electrons. The topological polar surface area (TPSA) is 97.5 Å². The molecular formula is C10H19NO4S. The standard InChI is InChI=1S/C6H13NO2.C4H6O2S/c1-4(2)3-5(7)6(8)9;1-3-7(5,6)4-2/h4-5H,3,7H2,1-2H3,(H,8,9);3-4H,1-2H2/t5-;/m0./s1. The zero-order valence-corrected chi connectivity index (χ0v) is 10.4. The van der Waals surface area contributed by atoms with Gasteiger partial charge in [0.05, 0.1) is 0 Å². The highest BCUT2D eigenvalue weighted by Crippen LogP contribution is 2.01. The Hall–Kier alpha value is -1.14. The summed E-state index contributed by atoms with van der Waals surface area (Å²) in [5.41, 5.74) is 5.22. The molecule has 0 bridgehead atoms. The lowest BCUT2D eigenvalue weighted by Gasteiger charge is -2.07. The molecule has 16 heavy (non-hydrogen) atoms. The molecule has 0 unspecified atom stereocenters. The van der Waals surface area contributed by atoms with Crippen LogP contribution in [-0.4, -0.2) is 25.5 Å². The minimum Gasteiger partial charge on any atom is -0.480 e. The van der Waals surface area contributed by atoms with Crippen molar-refractivity contribution in [2.45, 2.75) is 26.3 Å². The minimum absolute atomic E-state index is 0.357. The van der Waals surface area contributed by atoms with Crippen LogP contribution < -0.4 is 5.73 Å². The highest BCUT2D eigenvalue weighted by Gasteiger charge is 2.11. The number of rotatable bonds is 5. The first-order valence-corrected chi connectivity index (χ1v) is 6.25. The molecule has 0 aromatic carbocycles. The predicted molar refractivity (Wildman–Crippen MR) is 64.4 cm³/mol. The van der Waals surface area contributed by atoms with Crippen molar-refractivity contribution in [2.24, 2.45) is 11.7 Å². The molecule has 0 aliphatic rings. The SMILES string of the molecule is C=CS(=O)(=O)C=C.CC(C)C[C@H](N)C(=O)O. The van der Waals surface area contributed by atoms with Crippen LogP contribution >= 0.6 is 0 Å². The summed E-state index contributed by atoms with van der Waals surface area (Å²) in [5.74, 6) is -0.556. The maximum absolute atomic E-state index is 10.1. The fraction of sp³-hybridized carbons (Fsp3) is 0.500. The summed E-state index contributed by atoms with van der Waals surface area (Å²) >= 11 is 0. The Morgan fingerprint density at radius 3 is 1.81 bits per heavy atom. The summed E-state index contributed by atoms with van der Waals surface area (Å²) in [6, 6.07) is -0.690. The number of hydrogen-bond donors (Lipinski definition) is 2. The van der Waals surface area contributed by atoms with E-state index in [2.05, 4.69) is 13.2 Å². The molecule has 3 N–H and O–H groups in total. The molecule has 0 rings (SSSR count). The van der Waals surface area contributed by atoms with Gasteiger partial charge in [-0.15, -0.1) is 0 Å². The summed E-state index contributed by atoms with van der Waals surface area (Å²) in [6.45, 7) is 9.98. The molecular weight excluding hydrogens is 230 g/mol. The largest absolute Gasteiger partial charge is 0.480 e. The lowest BCUT2D eigenvalue weighted by molar-refractivity contribution is -0.138. The molecule has 94 valence electrons. The van der Waals surface area contributed by atoms with E-state index >= 15 is 0 Å². The summed E-state index contributed by atoms with van der Waals surface area (Å²) in [5, 5.41) is 10.0. The number of sulfone groups is 1. The van der Waals surface area contributed by atoms with Gasteiger partial charge in [-0.1, -0.05) is 27.0 Å². The zero-order valence-electron chi connectivity index (χ0n) is 9.59. The van der Waals surface area contributed by atoms with Crippen molar-refractivity contribution in [3.63, 3.8) is 0 Å². The first-order valence-electron chi connectivity index (χ1n) is 4.64. The number of carboxylic acid groups (broad SMARTS) is 1. The van der Waals surface area contributed by atoms with E-state index in [0.29, 0.717) is 12.3 Å². The van der Waals surface area contributed by atoms with Gasteiger partial charge in [0.2, 0.25) is 0 Å². The third kappa shape index (κ3) is 10.9. The predicted octanol–water partition coefficient (Wildman–Crippen LogP) is 1.13. The van der Waals surface area contributed by atoms with E-state index in [0.717, 1.165) is 10.8 Å². The Labute approximate surface area is 96.6 Å². The molecule has 0 heterocycles. The van der Waals surface area contributed by atoms with Crippen molar-refractivity contribution < 1.29 is 18.3 Å². The molecule has 0 saturated carbocycles. The van der Waals surface area contributed by atoms with Gasteiger partial charge in [-0.3, -0.25) is 4.79 Å². The van der Waals surface area contributed by atoms with E-state index < -0.39 is 21.8 Å². The second kappa shape index (κ2) is 8.06. The first kappa shape index (κ1) is 17.3. The monoisotopic (exact) mass is 249 g/mol. The van der Waals surface area contributed by atoms with Crippen LogP contribution in [-0.2, 0) is 14.6 Å². The molecule has 0 amide bonds. The number of nitrogens with two attached hydrogens (primary N) is 1. The van der Waals surface area contributed by atoms with Crippen molar-refractivity contribution >= 4 is 15.8 Å². The van der Waals surface area contributed by atoms with Crippen LogP contribution in [0.5, 0.6) is 0 Å². The van der Waals surface area contributed by atoms with Gasteiger partial charge < -0.3 is 10.8 Å². The Balaban J connectivity index is 0. The third-order valence-electron chi connectivity index (χ3n) is 1.51. The second-order valence-electron chi connectivity index (χ2n) is 3.50. The van der Waals surface area contributed by atoms with Crippen molar-refractivity contribution in [1.82, 2.24) is 0 Å². The molecule has 0 aliphatic heterocycles. The fourth-order valence-corrected chi connectivity index (χ4v) is 0.813. The van der Waals surface area contributed by atoms with Gasteiger partial charge in [-0.2, -0.15) is 0 Å². The van der Waals surface area contributed by atoms with E-state index in [4.69, 9.17) is 10.8 Å². The fourth-order valence-electron chi connectivity index (χ4n) is 0.677. The highest BCUT2D eigenvalue weighted by molar-refractivity contribution is 7.97. The normalized spacial score (nSPS) is 12.2. The van der Waals surface area contributed by atoms with Crippen LogP contribution in [0, 0.1) is 5.92 Å². The lowest BCUT2D eigenvalue weighted by atomic mass is 10.1. The van der Waals surface area contributed by atoms with Crippen molar-refractivity contribution in [3.8, 4) is 0 Å². The summed E-state index contributed by atoms with van der Waals surface area (Å²) < 4.78 is 20.3. The molecule has 0 spiro atoms. The van der Waals surface area contributed by atoms with E-state index in [1.54, 1.807) is 0 Å². The third-order valence-corrected chi connectivity index (χ3v) is 2.44. The molecule has 5 nitrogen and oxygen atoms in total. The quantitative estimate of drug-likeness (QED) is 0.761. The van der Waals surface area contributed by atoms with Crippen LogP contribution in [0.1, 0.15) is 20.3 Å². The Kier molecular flexibility index (Phi) is 8.70. The minimum atomic E-state index is -3.13. The van der Waals surface area contributed by atoms with E-state index in [9.17, 15) is 13.2 Å². The van der Waals surface area contributed by atoms with Crippen molar-refractivity contribution in [2.75, 3.05) is 0 Å². The van der Waals surface area contributed by atoms with Crippen molar-refractivity contribution in [1.29, 1.82) is 0 Å². The van der Waals surface area contributed by atoms with Gasteiger partial charge in [-0.05, 0) is 12.3 Å². The number of carbonyl (C=O) groups is 1. The van der Waals surface area contributed by atoms with E-state index in [-0.39, 0.29) is 0 Å². The number of aliphatic carboxylic acids is 1. The van der Waals surface area contributed by atoms with Crippen molar-refractivity contribution in [3.05, 3.63) is 24.0 Å². The van der Waals surface area contributed by atoms with Crippen LogP contribution in [0.4, 0.5) is 0 Å². The Morgan fingerprint density at radius 1 is 1.38 bits per heavy atom. The van der Waals surface area contributed by atoms with Gasteiger partial charge in [0.25, 0.3) is 0 Å². The highest BCUT2D eigenvalue weighted by atomic mass is 32.2. The van der Waals surface area contributed by atoms with Crippen LogP contribution in [0.3, 0.4) is 0 Å². The van der Waals surface area contributed by atoms with Gasteiger partial charge in [-0.25, -0.2) is 8.42 Å². The Morgan fingerprint density at radius 2 is 1.75 bits per heavy atom. The van der Waals surface area contributed by atoms with Gasteiger partial charge >= 0.3 is 5.97 Å². The van der Waals surface area contributed by atoms with Gasteiger partial charge in [0.15, 0.2) is 9.84 Å². The molecule has 1 atom stereocenters. The maximum atomic E-state index is 10.1. The number of carboxylic acids is 1. The van der Waals surface area contributed by atoms with Crippen LogP contribution in [0.25, 0.3) is 0 Å². The molecule has 0 aromatic rings. The van der Waals surface area contributed by atoms with E-state index in [1.807, 2.05) is 13.8 Å². The molecule has 6 heteroatoms.